The highest BCUT2D eigenvalue weighted by molar-refractivity contribution is 8.18. The van der Waals surface area contributed by atoms with Crippen molar-refractivity contribution in [2.45, 2.75) is 0 Å². The number of carbonyl (C=O) groups is 2. The van der Waals surface area contributed by atoms with Crippen molar-refractivity contribution in [1.29, 1.82) is 0 Å². The molecule has 0 bridgehead atoms. The van der Waals surface area contributed by atoms with E-state index in [-0.39, 0.29) is 17.7 Å². The Labute approximate surface area is 185 Å². The third-order valence-electron chi connectivity index (χ3n) is 4.07. The molecule has 1 saturated heterocycles. The number of carbonyl (C=O) groups excluding carboxylic acids is 2. The molecule has 2 N–H and O–H groups in total. The van der Waals surface area contributed by atoms with Crippen molar-refractivity contribution >= 4 is 46.3 Å². The zero-order valence-electron chi connectivity index (χ0n) is 17.3. The van der Waals surface area contributed by atoms with E-state index < -0.39 is 0 Å². The third kappa shape index (κ3) is 6.00. The van der Waals surface area contributed by atoms with E-state index in [0.717, 1.165) is 11.8 Å². The second-order valence-corrected chi connectivity index (χ2v) is 7.37. The maximum atomic E-state index is 12.7. The fraction of sp³-hybridized carbons (Fsp3) is 0.421. The molecule has 1 aliphatic heterocycles. The van der Waals surface area contributed by atoms with Gasteiger partial charge in [0.2, 0.25) is 5.75 Å². The molecule has 1 aliphatic rings. The molecular formula is C19H25N3O6S2. The molecule has 0 radical (unpaired) electrons. The first-order valence-electron chi connectivity index (χ1n) is 9.01. The second-order valence-electron chi connectivity index (χ2n) is 5.97. The Morgan fingerprint density at radius 3 is 2.27 bits per heavy atom. The minimum absolute atomic E-state index is 0.198. The van der Waals surface area contributed by atoms with Crippen molar-refractivity contribution in [3.05, 3.63) is 22.6 Å². The number of amides is 2. The Morgan fingerprint density at radius 1 is 1.07 bits per heavy atom. The summed E-state index contributed by atoms with van der Waals surface area (Å²) in [4.78, 5) is 26.5. The van der Waals surface area contributed by atoms with Crippen LogP contribution >= 0.6 is 24.0 Å². The third-order valence-corrected chi connectivity index (χ3v) is 5.27. The van der Waals surface area contributed by atoms with Gasteiger partial charge in [-0.2, -0.15) is 0 Å². The van der Waals surface area contributed by atoms with Gasteiger partial charge >= 0.3 is 0 Å². The van der Waals surface area contributed by atoms with Crippen LogP contribution in [0.2, 0.25) is 0 Å². The molecule has 11 heteroatoms. The van der Waals surface area contributed by atoms with Crippen LogP contribution in [-0.2, 0) is 9.53 Å². The first-order chi connectivity index (χ1) is 14.4. The van der Waals surface area contributed by atoms with Crippen LogP contribution in [0.4, 0.5) is 4.79 Å². The van der Waals surface area contributed by atoms with Crippen LogP contribution in [0, 0.1) is 0 Å². The molecule has 2 rings (SSSR count). The fourth-order valence-electron chi connectivity index (χ4n) is 2.64. The Balaban J connectivity index is 2.05. The smallest absolute Gasteiger partial charge is 0.293 e. The number of hydrogen-bond donors (Lipinski definition) is 2. The van der Waals surface area contributed by atoms with Gasteiger partial charge in [0, 0.05) is 26.7 Å². The molecule has 0 unspecified atom stereocenters. The predicted octanol–water partition coefficient (Wildman–Crippen LogP) is 1.86. The molecule has 0 aromatic heterocycles. The normalized spacial score (nSPS) is 14.8. The SMILES string of the molecule is COCCNC(=S)NCCN1C(=O)SC(=Cc2cc(OC)c(OC)c(OC)c2)C1=O. The minimum atomic E-state index is -0.362. The topological polar surface area (TPSA) is 98.4 Å². The summed E-state index contributed by atoms with van der Waals surface area (Å²) in [7, 11) is 6.13. The first kappa shape index (κ1) is 23.8. The molecule has 2 amide bonds. The molecule has 0 spiro atoms. The van der Waals surface area contributed by atoms with E-state index in [2.05, 4.69) is 10.6 Å². The number of thiocarbonyl (C=S) groups is 1. The van der Waals surface area contributed by atoms with Crippen LogP contribution in [-0.4, -0.2) is 75.8 Å². The summed E-state index contributed by atoms with van der Waals surface area (Å²) >= 11 is 6.01. The van der Waals surface area contributed by atoms with Crippen molar-refractivity contribution in [1.82, 2.24) is 15.5 Å². The number of nitrogens with one attached hydrogen (secondary N) is 2. The molecule has 1 aromatic rings. The van der Waals surface area contributed by atoms with Crippen molar-refractivity contribution in [3.8, 4) is 17.2 Å². The number of methoxy groups -OCH3 is 4. The Bertz CT molecular complexity index is 805. The van der Waals surface area contributed by atoms with E-state index in [9.17, 15) is 9.59 Å². The number of thioether (sulfide) groups is 1. The maximum absolute atomic E-state index is 12.7. The largest absolute Gasteiger partial charge is 0.493 e. The van der Waals surface area contributed by atoms with Gasteiger partial charge in [0.25, 0.3) is 11.1 Å². The molecule has 30 heavy (non-hydrogen) atoms. The molecule has 0 atom stereocenters. The fourth-order valence-corrected chi connectivity index (χ4v) is 3.71. The van der Waals surface area contributed by atoms with Gasteiger partial charge in [-0.05, 0) is 47.8 Å². The molecule has 1 aromatic carbocycles. The highest BCUT2D eigenvalue weighted by atomic mass is 32.2. The summed E-state index contributed by atoms with van der Waals surface area (Å²) in [5, 5.41) is 6.02. The molecule has 164 valence electrons. The molecule has 0 aliphatic carbocycles. The van der Waals surface area contributed by atoms with E-state index in [1.807, 2.05) is 0 Å². The van der Waals surface area contributed by atoms with Gasteiger partial charge in [0.15, 0.2) is 16.6 Å². The van der Waals surface area contributed by atoms with E-state index in [1.54, 1.807) is 25.3 Å². The minimum Gasteiger partial charge on any atom is -0.493 e. The van der Waals surface area contributed by atoms with E-state index in [0.29, 0.717) is 52.5 Å². The lowest BCUT2D eigenvalue weighted by Crippen LogP contribution is -2.42. The Morgan fingerprint density at radius 2 is 1.70 bits per heavy atom. The number of hydrogen-bond acceptors (Lipinski definition) is 8. The zero-order chi connectivity index (χ0) is 22.1. The highest BCUT2D eigenvalue weighted by Crippen LogP contribution is 2.40. The highest BCUT2D eigenvalue weighted by Gasteiger charge is 2.34. The first-order valence-corrected chi connectivity index (χ1v) is 10.2. The van der Waals surface area contributed by atoms with E-state index in [1.165, 1.54) is 26.2 Å². The van der Waals surface area contributed by atoms with E-state index >= 15 is 0 Å². The van der Waals surface area contributed by atoms with Crippen LogP contribution in [0.25, 0.3) is 6.08 Å². The van der Waals surface area contributed by atoms with Gasteiger partial charge in [-0.1, -0.05) is 0 Å². The summed E-state index contributed by atoms with van der Waals surface area (Å²) in [6.07, 6.45) is 1.62. The van der Waals surface area contributed by atoms with Gasteiger partial charge in [-0.15, -0.1) is 0 Å². The number of nitrogens with zero attached hydrogens (tertiary/aromatic N) is 1. The number of ether oxygens (including phenoxy) is 4. The van der Waals surface area contributed by atoms with Crippen molar-refractivity contribution in [3.63, 3.8) is 0 Å². The van der Waals surface area contributed by atoms with Crippen LogP contribution in [0.3, 0.4) is 0 Å². The van der Waals surface area contributed by atoms with Crippen LogP contribution in [0.15, 0.2) is 17.0 Å². The lowest BCUT2D eigenvalue weighted by molar-refractivity contribution is -0.122. The average Bonchev–Trinajstić information content (AvgIpc) is 3.00. The van der Waals surface area contributed by atoms with Crippen molar-refractivity contribution in [2.75, 3.05) is 54.7 Å². The summed E-state index contributed by atoms with van der Waals surface area (Å²) in [6.45, 7) is 1.63. The molecule has 9 nitrogen and oxygen atoms in total. The summed E-state index contributed by atoms with van der Waals surface area (Å²) in [5.74, 6) is 1.01. The van der Waals surface area contributed by atoms with Gasteiger partial charge in [-0.25, -0.2) is 0 Å². The van der Waals surface area contributed by atoms with Gasteiger partial charge < -0.3 is 29.6 Å². The molecule has 1 heterocycles. The number of rotatable bonds is 10. The standard InChI is InChI=1S/C19H25N3O6S2/c1-25-8-6-21-18(29)20-5-7-22-17(23)15(30-19(22)24)11-12-9-13(26-2)16(28-4)14(10-12)27-3/h9-11H,5-8H2,1-4H3,(H2,20,21,29). The Kier molecular flexibility index (Phi) is 9.21. The molecule has 1 fully saturated rings. The maximum Gasteiger partial charge on any atom is 0.293 e. The second kappa shape index (κ2) is 11.6. The monoisotopic (exact) mass is 455 g/mol. The average molecular weight is 456 g/mol. The zero-order valence-corrected chi connectivity index (χ0v) is 18.9. The number of benzene rings is 1. The predicted molar refractivity (Wildman–Crippen MR) is 119 cm³/mol. The Hall–Kier alpha value is -2.50. The van der Waals surface area contributed by atoms with Crippen molar-refractivity contribution in [2.24, 2.45) is 0 Å². The summed E-state index contributed by atoms with van der Waals surface area (Å²) < 4.78 is 20.9. The van der Waals surface area contributed by atoms with Gasteiger partial charge in [0.1, 0.15) is 0 Å². The van der Waals surface area contributed by atoms with Crippen LogP contribution in [0.1, 0.15) is 5.56 Å². The van der Waals surface area contributed by atoms with Crippen molar-refractivity contribution < 1.29 is 28.5 Å². The van der Waals surface area contributed by atoms with Crippen LogP contribution < -0.4 is 24.8 Å². The van der Waals surface area contributed by atoms with Crippen LogP contribution in [0.5, 0.6) is 17.2 Å². The summed E-state index contributed by atoms with van der Waals surface area (Å²) in [6, 6.07) is 3.42. The number of imide groups is 1. The molecule has 0 saturated carbocycles. The summed E-state index contributed by atoms with van der Waals surface area (Å²) in [5.41, 5.74) is 0.650. The molecular weight excluding hydrogens is 430 g/mol. The van der Waals surface area contributed by atoms with Gasteiger partial charge in [0.05, 0.1) is 32.8 Å². The van der Waals surface area contributed by atoms with Gasteiger partial charge in [-0.3, -0.25) is 14.5 Å². The lowest BCUT2D eigenvalue weighted by atomic mass is 10.1. The van der Waals surface area contributed by atoms with E-state index in [4.69, 9.17) is 31.2 Å². The lowest BCUT2D eigenvalue weighted by Gasteiger charge is -2.15. The quantitative estimate of drug-likeness (QED) is 0.309.